The number of halogens is 5. The Hall–Kier alpha value is -2.66. The third-order valence-electron chi connectivity index (χ3n) is 4.51. The van der Waals surface area contributed by atoms with Gasteiger partial charge in [0.15, 0.2) is 0 Å². The van der Waals surface area contributed by atoms with E-state index in [1.54, 1.807) is 0 Å². The molecule has 2 aromatic rings. The molecule has 0 saturated carbocycles. The van der Waals surface area contributed by atoms with Gasteiger partial charge < -0.3 is 20.6 Å². The SMILES string of the molecule is O=C(N[C@H](CO)c1ccc(Cl)c(F)c1)N1CCc2cnc(NCC(F)(F)F)nc2C1. The van der Waals surface area contributed by atoms with Crippen molar-refractivity contribution in [1.29, 1.82) is 0 Å². The molecule has 2 heterocycles. The van der Waals surface area contributed by atoms with Crippen LogP contribution in [0.15, 0.2) is 24.4 Å². The van der Waals surface area contributed by atoms with E-state index in [4.69, 9.17) is 11.6 Å². The van der Waals surface area contributed by atoms with Crippen LogP contribution in [0.2, 0.25) is 5.02 Å². The largest absolute Gasteiger partial charge is 0.405 e. The maximum absolute atomic E-state index is 13.7. The van der Waals surface area contributed by atoms with Crippen LogP contribution >= 0.6 is 11.6 Å². The molecule has 3 rings (SSSR count). The summed E-state index contributed by atoms with van der Waals surface area (Å²) in [6.07, 6.45) is -2.56. The highest BCUT2D eigenvalue weighted by atomic mass is 35.5. The number of urea groups is 1. The Morgan fingerprint density at radius 1 is 1.37 bits per heavy atom. The van der Waals surface area contributed by atoms with Crippen LogP contribution in [-0.2, 0) is 13.0 Å². The van der Waals surface area contributed by atoms with E-state index in [1.165, 1.54) is 23.2 Å². The van der Waals surface area contributed by atoms with Gasteiger partial charge in [-0.2, -0.15) is 13.2 Å². The quantitative estimate of drug-likeness (QED) is 0.613. The summed E-state index contributed by atoms with van der Waals surface area (Å²) >= 11 is 5.65. The smallest absolute Gasteiger partial charge is 0.394 e. The lowest BCUT2D eigenvalue weighted by Crippen LogP contribution is -2.45. The van der Waals surface area contributed by atoms with E-state index in [-0.39, 0.29) is 17.5 Å². The number of benzene rings is 1. The molecule has 0 spiro atoms. The van der Waals surface area contributed by atoms with Gasteiger partial charge in [-0.3, -0.25) is 0 Å². The third-order valence-corrected chi connectivity index (χ3v) is 4.81. The van der Waals surface area contributed by atoms with Crippen molar-refractivity contribution >= 4 is 23.6 Å². The summed E-state index contributed by atoms with van der Waals surface area (Å²) in [6, 6.07) is 2.55. The Morgan fingerprint density at radius 2 is 2.13 bits per heavy atom. The van der Waals surface area contributed by atoms with Crippen molar-refractivity contribution in [2.75, 3.05) is 25.0 Å². The Morgan fingerprint density at radius 3 is 2.80 bits per heavy atom. The van der Waals surface area contributed by atoms with Crippen molar-refractivity contribution in [2.24, 2.45) is 0 Å². The van der Waals surface area contributed by atoms with Crippen LogP contribution < -0.4 is 10.6 Å². The molecule has 2 amide bonds. The first-order chi connectivity index (χ1) is 14.2. The molecule has 12 heteroatoms. The summed E-state index contributed by atoms with van der Waals surface area (Å²) in [6.45, 7) is -1.36. The van der Waals surface area contributed by atoms with E-state index < -0.39 is 37.2 Å². The van der Waals surface area contributed by atoms with E-state index in [0.717, 1.165) is 11.6 Å². The number of fused-ring (bicyclic) bond motifs is 1. The second kappa shape index (κ2) is 9.00. The number of hydrogen-bond donors (Lipinski definition) is 3. The topological polar surface area (TPSA) is 90.4 Å². The molecular weight excluding hydrogens is 430 g/mol. The van der Waals surface area contributed by atoms with Crippen molar-refractivity contribution < 1.29 is 27.5 Å². The first-order valence-corrected chi connectivity index (χ1v) is 9.30. The lowest BCUT2D eigenvalue weighted by Gasteiger charge is -2.30. The average Bonchev–Trinajstić information content (AvgIpc) is 2.71. The molecule has 0 aliphatic carbocycles. The highest BCUT2D eigenvalue weighted by Gasteiger charge is 2.28. The zero-order valence-electron chi connectivity index (χ0n) is 15.5. The normalized spacial score (nSPS) is 14.8. The molecule has 0 unspecified atom stereocenters. The van der Waals surface area contributed by atoms with Gasteiger partial charge in [0.05, 0.1) is 29.9 Å². The van der Waals surface area contributed by atoms with E-state index >= 15 is 0 Å². The molecule has 0 radical (unpaired) electrons. The lowest BCUT2D eigenvalue weighted by molar-refractivity contribution is -0.115. The number of aliphatic hydroxyl groups is 1. The zero-order valence-corrected chi connectivity index (χ0v) is 16.3. The van der Waals surface area contributed by atoms with Crippen molar-refractivity contribution in [3.63, 3.8) is 0 Å². The van der Waals surface area contributed by atoms with Gasteiger partial charge >= 0.3 is 12.2 Å². The number of carbonyl (C=O) groups is 1. The minimum atomic E-state index is -4.41. The van der Waals surface area contributed by atoms with E-state index in [9.17, 15) is 27.5 Å². The molecule has 3 N–H and O–H groups in total. The molecule has 1 atom stereocenters. The van der Waals surface area contributed by atoms with Gasteiger partial charge in [0, 0.05) is 12.7 Å². The van der Waals surface area contributed by atoms with E-state index in [2.05, 4.69) is 20.6 Å². The fourth-order valence-corrected chi connectivity index (χ4v) is 3.06. The van der Waals surface area contributed by atoms with Gasteiger partial charge in [-0.05, 0) is 29.7 Å². The van der Waals surface area contributed by atoms with Crippen molar-refractivity contribution in [3.8, 4) is 0 Å². The van der Waals surface area contributed by atoms with Gasteiger partial charge in [0.1, 0.15) is 12.4 Å². The monoisotopic (exact) mass is 447 g/mol. The predicted molar refractivity (Wildman–Crippen MR) is 100 cm³/mol. The van der Waals surface area contributed by atoms with Crippen molar-refractivity contribution in [2.45, 2.75) is 25.2 Å². The van der Waals surface area contributed by atoms with E-state index in [1.807, 2.05) is 0 Å². The third kappa shape index (κ3) is 5.48. The fourth-order valence-electron chi connectivity index (χ4n) is 2.94. The number of amides is 2. The number of nitrogens with zero attached hydrogens (tertiary/aromatic N) is 3. The number of aromatic nitrogens is 2. The summed E-state index contributed by atoms with van der Waals surface area (Å²) in [5.74, 6) is -0.859. The molecule has 162 valence electrons. The molecule has 7 nitrogen and oxygen atoms in total. The number of rotatable bonds is 5. The van der Waals surface area contributed by atoms with Gasteiger partial charge in [-0.25, -0.2) is 19.2 Å². The predicted octanol–water partition coefficient (Wildman–Crippen LogP) is 3.04. The van der Waals surface area contributed by atoms with Gasteiger partial charge in [-0.15, -0.1) is 0 Å². The second-order valence-electron chi connectivity index (χ2n) is 6.66. The molecule has 1 aromatic heterocycles. The Balaban J connectivity index is 1.67. The van der Waals surface area contributed by atoms with E-state index in [0.29, 0.717) is 24.2 Å². The minimum Gasteiger partial charge on any atom is -0.394 e. The summed E-state index contributed by atoms with van der Waals surface area (Å²) < 4.78 is 50.8. The molecule has 1 aromatic carbocycles. The number of alkyl halides is 3. The Bertz CT molecular complexity index is 928. The summed E-state index contributed by atoms with van der Waals surface area (Å²) in [4.78, 5) is 22.0. The number of carbonyl (C=O) groups excluding carboxylic acids is 1. The first kappa shape index (κ1) is 22.0. The minimum absolute atomic E-state index is 0.0531. The number of aliphatic hydroxyl groups excluding tert-OH is 1. The summed E-state index contributed by atoms with van der Waals surface area (Å²) in [5.41, 5.74) is 1.50. The molecule has 0 saturated heterocycles. The number of anilines is 1. The standard InChI is InChI=1S/C18H18ClF4N5O2/c19-12-2-1-10(5-13(12)20)15(8-29)27-17(30)28-4-3-11-6-24-16(26-14(11)7-28)25-9-18(21,22)23/h1-2,5-6,15,29H,3-4,7-9H2,(H,27,30)(H,24,25,26)/t15-/m1/s1. The molecule has 0 fully saturated rings. The van der Waals surface area contributed by atoms with Crippen LogP contribution in [0.5, 0.6) is 0 Å². The van der Waals surface area contributed by atoms with Crippen LogP contribution in [-0.4, -0.2) is 51.9 Å². The van der Waals surface area contributed by atoms with Crippen LogP contribution in [0.4, 0.5) is 28.3 Å². The van der Waals surface area contributed by atoms with Gasteiger partial charge in [0.25, 0.3) is 0 Å². The summed E-state index contributed by atoms with van der Waals surface area (Å²) in [7, 11) is 0. The maximum atomic E-state index is 13.7. The Labute approximate surface area is 174 Å². The highest BCUT2D eigenvalue weighted by Crippen LogP contribution is 2.22. The van der Waals surface area contributed by atoms with Gasteiger partial charge in [0.2, 0.25) is 5.95 Å². The lowest BCUT2D eigenvalue weighted by atomic mass is 10.1. The molecule has 0 bridgehead atoms. The molecule has 1 aliphatic rings. The second-order valence-corrected chi connectivity index (χ2v) is 7.07. The Kier molecular flexibility index (Phi) is 6.61. The first-order valence-electron chi connectivity index (χ1n) is 8.93. The van der Waals surface area contributed by atoms with Crippen LogP contribution in [0.25, 0.3) is 0 Å². The molecular formula is C18H18ClF4N5O2. The van der Waals surface area contributed by atoms with Crippen molar-refractivity contribution in [3.05, 3.63) is 52.1 Å². The molecule has 30 heavy (non-hydrogen) atoms. The molecule has 1 aliphatic heterocycles. The average molecular weight is 448 g/mol. The van der Waals surface area contributed by atoms with Gasteiger partial charge in [-0.1, -0.05) is 17.7 Å². The van der Waals surface area contributed by atoms with Crippen LogP contribution in [0.1, 0.15) is 22.9 Å². The number of hydrogen-bond acceptors (Lipinski definition) is 5. The highest BCUT2D eigenvalue weighted by molar-refractivity contribution is 6.30. The van der Waals surface area contributed by atoms with Crippen LogP contribution in [0.3, 0.4) is 0 Å². The zero-order chi connectivity index (χ0) is 21.9. The number of nitrogens with one attached hydrogen (secondary N) is 2. The fraction of sp³-hybridized carbons (Fsp3) is 0.389. The maximum Gasteiger partial charge on any atom is 0.405 e. The summed E-state index contributed by atoms with van der Waals surface area (Å²) in [5, 5.41) is 14.2. The van der Waals surface area contributed by atoms with Crippen LogP contribution in [0, 0.1) is 5.82 Å². The van der Waals surface area contributed by atoms with Crippen molar-refractivity contribution in [1.82, 2.24) is 20.2 Å².